The third-order valence-corrected chi connectivity index (χ3v) is 11.5. The third kappa shape index (κ3) is 5.00. The number of nitrogens with zero attached hydrogens (tertiary/aromatic N) is 2. The minimum atomic E-state index is -1.81. The number of amides is 4. The molecule has 0 spiro atoms. The highest BCUT2D eigenvalue weighted by molar-refractivity contribution is 6.58. The number of carbonyl (C=O) groups is 4. The van der Waals surface area contributed by atoms with Gasteiger partial charge in [0.05, 0.1) is 34.5 Å². The summed E-state index contributed by atoms with van der Waals surface area (Å²) < 4.78 is 13.8. The predicted molar refractivity (Wildman–Crippen MR) is 191 cm³/mol. The Morgan fingerprint density at radius 1 is 0.885 bits per heavy atom. The number of anilines is 2. The van der Waals surface area contributed by atoms with E-state index in [2.05, 4.69) is 5.43 Å². The highest BCUT2D eigenvalue weighted by Gasteiger charge is 2.70. The topological polar surface area (TPSA) is 147 Å². The highest BCUT2D eigenvalue weighted by Crippen LogP contribution is 2.64. The summed E-state index contributed by atoms with van der Waals surface area (Å²) in [5.41, 5.74) is 4.42. The first-order valence-electron chi connectivity index (χ1n) is 16.9. The lowest BCUT2D eigenvalue weighted by Gasteiger charge is -2.50. The molecule has 2 saturated heterocycles. The van der Waals surface area contributed by atoms with Crippen molar-refractivity contribution in [3.8, 4) is 5.75 Å². The van der Waals surface area contributed by atoms with E-state index >= 15 is 4.79 Å². The molecule has 0 aromatic heterocycles. The van der Waals surface area contributed by atoms with E-state index < -0.39 is 71.6 Å². The summed E-state index contributed by atoms with van der Waals surface area (Å²) in [4.78, 5) is 59.5. The number of nitrogens with one attached hydrogen (secondary N) is 1. The minimum Gasteiger partial charge on any atom is -0.508 e. The van der Waals surface area contributed by atoms with Crippen molar-refractivity contribution in [2.24, 2.45) is 23.7 Å². The smallest absolute Gasteiger partial charge is 0.488 e. The van der Waals surface area contributed by atoms with Gasteiger partial charge >= 0.3 is 7.12 Å². The average molecular weight is 720 g/mol. The van der Waals surface area contributed by atoms with Crippen molar-refractivity contribution in [2.75, 3.05) is 10.3 Å². The zero-order chi connectivity index (χ0) is 36.6. The van der Waals surface area contributed by atoms with E-state index in [1.54, 1.807) is 49.4 Å². The lowest BCUT2D eigenvalue weighted by Crippen LogP contribution is -2.53. The molecule has 0 bridgehead atoms. The number of halogens is 2. The number of hydrogen-bond acceptors (Lipinski definition) is 8. The molecule has 3 fully saturated rings. The Hall–Kier alpha value is -5.30. The van der Waals surface area contributed by atoms with Crippen LogP contribution in [0.4, 0.5) is 15.8 Å². The number of hydrogen-bond donors (Lipinski definition) is 4. The number of aromatic hydroxyl groups is 1. The molecular formula is C39H32BClFN3O7. The van der Waals surface area contributed by atoms with Gasteiger partial charge in [-0.05, 0) is 102 Å². The second-order valence-electron chi connectivity index (χ2n) is 13.9. The maximum absolute atomic E-state index is 15.2. The van der Waals surface area contributed by atoms with Gasteiger partial charge in [-0.2, -0.15) is 5.01 Å². The Labute approximate surface area is 303 Å². The number of allylic oxidation sites excluding steroid dienone is 2. The van der Waals surface area contributed by atoms with Crippen LogP contribution >= 0.6 is 11.6 Å². The summed E-state index contributed by atoms with van der Waals surface area (Å²) in [5, 5.41) is 31.6. The van der Waals surface area contributed by atoms with Crippen LogP contribution in [0, 0.1) is 36.4 Å². The number of aryl methyl sites for hydroxylation is 1. The molecule has 2 aliphatic carbocycles. The SMILES string of the molecule is Cc1cc(C2C3=CCC4C(=O)N(c5cccc(B(O)O)c5)C(=O)C4C3CC3C(=O)N(Nc4ccc(F)cc4)C(=O)C32c2ccc(Cl)cc2)ccc1O. The van der Waals surface area contributed by atoms with Crippen LogP contribution in [0.25, 0.3) is 0 Å². The molecule has 13 heteroatoms. The van der Waals surface area contributed by atoms with Gasteiger partial charge in [0.15, 0.2) is 0 Å². The zero-order valence-corrected chi connectivity index (χ0v) is 28.5. The Morgan fingerprint density at radius 2 is 1.62 bits per heavy atom. The summed E-state index contributed by atoms with van der Waals surface area (Å²) >= 11 is 6.34. The van der Waals surface area contributed by atoms with Crippen LogP contribution in [-0.4, -0.2) is 50.9 Å². The quantitative estimate of drug-likeness (QED) is 0.131. The van der Waals surface area contributed by atoms with Crippen LogP contribution in [0.1, 0.15) is 35.4 Å². The number of benzene rings is 4. The van der Waals surface area contributed by atoms with Crippen LogP contribution in [0.15, 0.2) is 103 Å². The zero-order valence-electron chi connectivity index (χ0n) is 27.7. The molecule has 4 aromatic rings. The number of phenolic OH excluding ortho intramolecular Hbond substituents is 1. The van der Waals surface area contributed by atoms with E-state index in [0.717, 1.165) is 15.5 Å². The van der Waals surface area contributed by atoms with Crippen molar-refractivity contribution < 1.29 is 38.7 Å². The minimum absolute atomic E-state index is 0.0433. The molecule has 4 aliphatic rings. The van der Waals surface area contributed by atoms with Gasteiger partial charge in [0, 0.05) is 10.9 Å². The summed E-state index contributed by atoms with van der Waals surface area (Å²) in [7, 11) is -1.81. The van der Waals surface area contributed by atoms with Crippen molar-refractivity contribution in [2.45, 2.75) is 31.1 Å². The van der Waals surface area contributed by atoms with Gasteiger partial charge < -0.3 is 15.2 Å². The summed E-state index contributed by atoms with van der Waals surface area (Å²) in [6.07, 6.45) is 2.16. The van der Waals surface area contributed by atoms with E-state index in [1.807, 2.05) is 6.08 Å². The largest absolute Gasteiger partial charge is 0.508 e. The maximum atomic E-state index is 15.2. The van der Waals surface area contributed by atoms with Crippen molar-refractivity contribution in [3.63, 3.8) is 0 Å². The van der Waals surface area contributed by atoms with Crippen molar-refractivity contribution in [1.82, 2.24) is 5.01 Å². The monoisotopic (exact) mass is 719 g/mol. The molecule has 2 heterocycles. The highest BCUT2D eigenvalue weighted by atomic mass is 35.5. The number of fused-ring (bicyclic) bond motifs is 4. The molecule has 8 rings (SSSR count). The van der Waals surface area contributed by atoms with Crippen molar-refractivity contribution in [3.05, 3.63) is 130 Å². The van der Waals surface area contributed by atoms with Gasteiger partial charge in [-0.15, -0.1) is 0 Å². The van der Waals surface area contributed by atoms with Crippen molar-refractivity contribution in [1.29, 1.82) is 0 Å². The lowest BCUT2D eigenvalue weighted by atomic mass is 9.49. The van der Waals surface area contributed by atoms with Gasteiger partial charge in [-0.1, -0.05) is 59.6 Å². The lowest BCUT2D eigenvalue weighted by molar-refractivity contribution is -0.138. The molecule has 4 aromatic carbocycles. The standard InChI is InChI=1S/C39H32BClFN3O7/c1-20-17-21(5-16-32(20)46)34-28-14-15-29-33(37(49)44(35(29)47)27-4-2-3-23(18-27)40(51)52)30(28)19-31-36(48)45(43-26-12-10-25(42)11-13-26)38(50)39(31,34)22-6-8-24(41)9-7-22/h2-14,16-18,29-31,33-34,43,46,51-52H,15,19H2,1H3. The normalized spacial score (nSPS) is 26.6. The Kier molecular flexibility index (Phi) is 8.09. The second kappa shape index (κ2) is 12.4. The first-order chi connectivity index (χ1) is 24.9. The van der Waals surface area contributed by atoms with Crippen LogP contribution < -0.4 is 15.8 Å². The van der Waals surface area contributed by atoms with Crippen LogP contribution in [0.2, 0.25) is 5.02 Å². The van der Waals surface area contributed by atoms with Gasteiger partial charge in [-0.25, -0.2) is 4.39 Å². The van der Waals surface area contributed by atoms with Gasteiger partial charge in [-0.3, -0.25) is 29.5 Å². The molecule has 2 aliphatic heterocycles. The molecule has 4 N–H and O–H groups in total. The average Bonchev–Trinajstić information content (AvgIpc) is 3.51. The molecule has 0 radical (unpaired) electrons. The number of carbonyl (C=O) groups excluding carboxylic acids is 4. The van der Waals surface area contributed by atoms with E-state index in [1.165, 1.54) is 48.5 Å². The first-order valence-corrected chi connectivity index (χ1v) is 17.3. The van der Waals surface area contributed by atoms with E-state index in [9.17, 15) is 33.9 Å². The molecule has 262 valence electrons. The fourth-order valence-electron chi connectivity index (χ4n) is 8.97. The third-order valence-electron chi connectivity index (χ3n) is 11.2. The van der Waals surface area contributed by atoms with Gasteiger partial charge in [0.2, 0.25) is 11.8 Å². The number of hydrazine groups is 1. The number of phenols is 1. The maximum Gasteiger partial charge on any atom is 0.488 e. The van der Waals surface area contributed by atoms with Crippen LogP contribution in [0.3, 0.4) is 0 Å². The molecular weight excluding hydrogens is 688 g/mol. The first kappa shape index (κ1) is 33.8. The second-order valence-corrected chi connectivity index (χ2v) is 14.3. The van der Waals surface area contributed by atoms with Crippen molar-refractivity contribution >= 4 is 59.2 Å². The predicted octanol–water partition coefficient (Wildman–Crippen LogP) is 4.36. The van der Waals surface area contributed by atoms with E-state index in [4.69, 9.17) is 11.6 Å². The molecule has 1 saturated carbocycles. The summed E-state index contributed by atoms with van der Waals surface area (Å²) in [6, 6.07) is 23.0. The summed E-state index contributed by atoms with van der Waals surface area (Å²) in [6.45, 7) is 1.73. The number of rotatable bonds is 6. The van der Waals surface area contributed by atoms with Crippen LogP contribution in [-0.2, 0) is 24.6 Å². The molecule has 6 unspecified atom stereocenters. The molecule has 10 nitrogen and oxygen atoms in total. The Morgan fingerprint density at radius 3 is 2.31 bits per heavy atom. The Balaban J connectivity index is 1.31. The fourth-order valence-corrected chi connectivity index (χ4v) is 9.09. The van der Waals surface area contributed by atoms with Gasteiger partial charge in [0.1, 0.15) is 11.6 Å². The molecule has 6 atom stereocenters. The Bertz CT molecular complexity index is 2200. The fraction of sp³-hybridized carbons (Fsp3) is 0.231. The summed E-state index contributed by atoms with van der Waals surface area (Å²) in [5.74, 6) is -6.59. The van der Waals surface area contributed by atoms with Gasteiger partial charge in [0.25, 0.3) is 11.8 Å². The molecule has 4 amide bonds. The van der Waals surface area contributed by atoms with E-state index in [0.29, 0.717) is 27.4 Å². The molecule has 52 heavy (non-hydrogen) atoms. The van der Waals surface area contributed by atoms with E-state index in [-0.39, 0.29) is 29.7 Å². The van der Waals surface area contributed by atoms with Crippen LogP contribution in [0.5, 0.6) is 5.75 Å². The number of imide groups is 2.